The number of aromatic nitrogens is 1. The minimum absolute atomic E-state index is 0.00515. The standard InChI is InChI=1S/C13H15N3O2/c1-18-12-8-4-5-14-10(8)3-2-9(12)11-13(17)16-7-6-15-11/h2-5,11,14-15H,6-7H2,1H3,(H,16,17). The molecule has 2 heterocycles. The molecule has 1 aliphatic rings. The third-order valence-corrected chi connectivity index (χ3v) is 3.27. The first-order valence-corrected chi connectivity index (χ1v) is 5.96. The van der Waals surface area contributed by atoms with E-state index in [-0.39, 0.29) is 11.9 Å². The second-order valence-corrected chi connectivity index (χ2v) is 4.31. The molecule has 1 atom stereocenters. The van der Waals surface area contributed by atoms with Gasteiger partial charge in [-0.2, -0.15) is 0 Å². The summed E-state index contributed by atoms with van der Waals surface area (Å²) < 4.78 is 5.48. The van der Waals surface area contributed by atoms with Gasteiger partial charge in [-0.1, -0.05) is 6.07 Å². The zero-order valence-electron chi connectivity index (χ0n) is 10.1. The van der Waals surface area contributed by atoms with E-state index in [1.807, 2.05) is 24.4 Å². The highest BCUT2D eigenvalue weighted by Gasteiger charge is 2.26. The summed E-state index contributed by atoms with van der Waals surface area (Å²) in [6, 6.07) is 5.52. The van der Waals surface area contributed by atoms with Crippen LogP contribution in [0.2, 0.25) is 0 Å². The van der Waals surface area contributed by atoms with Gasteiger partial charge in [0.25, 0.3) is 0 Å². The van der Waals surface area contributed by atoms with E-state index in [0.717, 1.165) is 28.8 Å². The van der Waals surface area contributed by atoms with Gasteiger partial charge in [0.2, 0.25) is 5.91 Å². The maximum Gasteiger partial charge on any atom is 0.241 e. The lowest BCUT2D eigenvalue weighted by Gasteiger charge is -2.25. The number of carbonyl (C=O) groups excluding carboxylic acids is 1. The van der Waals surface area contributed by atoms with Gasteiger partial charge in [0, 0.05) is 35.8 Å². The van der Waals surface area contributed by atoms with E-state index < -0.39 is 0 Å². The number of rotatable bonds is 2. The minimum Gasteiger partial charge on any atom is -0.496 e. The van der Waals surface area contributed by atoms with Crippen LogP contribution >= 0.6 is 0 Å². The first kappa shape index (κ1) is 11.1. The van der Waals surface area contributed by atoms with Gasteiger partial charge in [-0.25, -0.2) is 0 Å². The minimum atomic E-state index is -0.340. The summed E-state index contributed by atoms with van der Waals surface area (Å²) in [4.78, 5) is 15.0. The van der Waals surface area contributed by atoms with Crippen molar-refractivity contribution >= 4 is 16.8 Å². The van der Waals surface area contributed by atoms with Crippen LogP contribution in [0.1, 0.15) is 11.6 Å². The Morgan fingerprint density at radius 2 is 2.17 bits per heavy atom. The number of hydrogen-bond acceptors (Lipinski definition) is 3. The first-order chi connectivity index (χ1) is 8.81. The van der Waals surface area contributed by atoms with Gasteiger partial charge >= 0.3 is 0 Å². The van der Waals surface area contributed by atoms with Crippen molar-refractivity contribution in [2.75, 3.05) is 20.2 Å². The number of H-pyrrole nitrogens is 1. The average Bonchev–Trinajstić information content (AvgIpc) is 2.86. The van der Waals surface area contributed by atoms with Crippen molar-refractivity contribution in [1.29, 1.82) is 0 Å². The Kier molecular flexibility index (Phi) is 2.68. The van der Waals surface area contributed by atoms with E-state index in [0.29, 0.717) is 6.54 Å². The summed E-state index contributed by atoms with van der Waals surface area (Å²) >= 11 is 0. The number of carbonyl (C=O) groups is 1. The van der Waals surface area contributed by atoms with Gasteiger partial charge in [0.1, 0.15) is 11.8 Å². The molecule has 18 heavy (non-hydrogen) atoms. The molecule has 2 aromatic rings. The molecule has 0 radical (unpaired) electrons. The van der Waals surface area contributed by atoms with Crippen molar-refractivity contribution in [2.24, 2.45) is 0 Å². The quantitative estimate of drug-likeness (QED) is 0.737. The molecule has 3 rings (SSSR count). The van der Waals surface area contributed by atoms with Crippen LogP contribution in [0.5, 0.6) is 5.75 Å². The maximum absolute atomic E-state index is 11.9. The van der Waals surface area contributed by atoms with Crippen LogP contribution in [0.4, 0.5) is 0 Å². The van der Waals surface area contributed by atoms with Crippen molar-refractivity contribution in [3.05, 3.63) is 30.0 Å². The number of nitrogens with one attached hydrogen (secondary N) is 3. The molecule has 1 unspecified atom stereocenters. The molecule has 5 nitrogen and oxygen atoms in total. The Balaban J connectivity index is 2.12. The van der Waals surface area contributed by atoms with E-state index in [1.54, 1.807) is 7.11 Å². The smallest absolute Gasteiger partial charge is 0.241 e. The summed E-state index contributed by atoms with van der Waals surface area (Å²) in [6.45, 7) is 1.44. The lowest BCUT2D eigenvalue weighted by Crippen LogP contribution is -2.47. The van der Waals surface area contributed by atoms with E-state index in [4.69, 9.17) is 4.74 Å². The highest BCUT2D eigenvalue weighted by atomic mass is 16.5. The molecule has 94 valence electrons. The first-order valence-electron chi connectivity index (χ1n) is 5.96. The molecule has 0 aliphatic carbocycles. The van der Waals surface area contributed by atoms with Crippen molar-refractivity contribution in [3.8, 4) is 5.75 Å². The molecule has 1 aromatic heterocycles. The van der Waals surface area contributed by atoms with E-state index in [9.17, 15) is 4.79 Å². The number of fused-ring (bicyclic) bond motifs is 1. The molecule has 1 saturated heterocycles. The Morgan fingerprint density at radius 1 is 1.28 bits per heavy atom. The van der Waals surface area contributed by atoms with Crippen LogP contribution in [0.15, 0.2) is 24.4 Å². The number of amides is 1. The molecule has 1 fully saturated rings. The SMILES string of the molecule is COc1c(C2NCCNC2=O)ccc2[nH]ccc12. The van der Waals surface area contributed by atoms with Crippen molar-refractivity contribution < 1.29 is 9.53 Å². The van der Waals surface area contributed by atoms with Gasteiger partial charge in [-0.15, -0.1) is 0 Å². The van der Waals surface area contributed by atoms with Crippen molar-refractivity contribution in [2.45, 2.75) is 6.04 Å². The molecule has 1 aromatic carbocycles. The second-order valence-electron chi connectivity index (χ2n) is 4.31. The van der Waals surface area contributed by atoms with Gasteiger partial charge in [0.05, 0.1) is 7.11 Å². The number of methoxy groups -OCH3 is 1. The van der Waals surface area contributed by atoms with Gasteiger partial charge in [-0.3, -0.25) is 4.79 Å². The van der Waals surface area contributed by atoms with Gasteiger partial charge in [0.15, 0.2) is 0 Å². The monoisotopic (exact) mass is 245 g/mol. The number of aromatic amines is 1. The van der Waals surface area contributed by atoms with Crippen LogP contribution in [0, 0.1) is 0 Å². The Bertz CT molecular complexity index is 591. The normalized spacial score (nSPS) is 19.8. The number of ether oxygens (including phenoxy) is 1. The summed E-state index contributed by atoms with van der Waals surface area (Å²) in [5.74, 6) is 0.748. The van der Waals surface area contributed by atoms with Gasteiger partial charge in [-0.05, 0) is 12.1 Å². The van der Waals surface area contributed by atoms with Crippen molar-refractivity contribution in [1.82, 2.24) is 15.6 Å². The molecular weight excluding hydrogens is 230 g/mol. The maximum atomic E-state index is 11.9. The molecule has 3 N–H and O–H groups in total. The number of piperazine rings is 1. The van der Waals surface area contributed by atoms with E-state index in [1.165, 1.54) is 0 Å². The summed E-state index contributed by atoms with van der Waals surface area (Å²) in [6.07, 6.45) is 1.87. The fourth-order valence-electron chi connectivity index (χ4n) is 2.43. The van der Waals surface area contributed by atoms with Crippen LogP contribution < -0.4 is 15.4 Å². The number of benzene rings is 1. The highest BCUT2D eigenvalue weighted by Crippen LogP contribution is 2.33. The van der Waals surface area contributed by atoms with Crippen LogP contribution in [0.25, 0.3) is 10.9 Å². The fraction of sp³-hybridized carbons (Fsp3) is 0.308. The molecule has 0 saturated carbocycles. The lowest BCUT2D eigenvalue weighted by atomic mass is 10.0. The molecular formula is C13H15N3O2. The Labute approximate surface area is 105 Å². The summed E-state index contributed by atoms with van der Waals surface area (Å²) in [5.41, 5.74) is 1.88. The summed E-state index contributed by atoms with van der Waals surface area (Å²) in [5, 5.41) is 7.07. The number of hydrogen-bond donors (Lipinski definition) is 3. The predicted octanol–water partition coefficient (Wildman–Crippen LogP) is 0.937. The highest BCUT2D eigenvalue weighted by molar-refractivity contribution is 5.91. The zero-order chi connectivity index (χ0) is 12.5. The average molecular weight is 245 g/mol. The van der Waals surface area contributed by atoms with Crippen molar-refractivity contribution in [3.63, 3.8) is 0 Å². The Morgan fingerprint density at radius 3 is 2.94 bits per heavy atom. The van der Waals surface area contributed by atoms with E-state index >= 15 is 0 Å². The lowest BCUT2D eigenvalue weighted by molar-refractivity contribution is -0.124. The molecule has 0 bridgehead atoms. The third-order valence-electron chi connectivity index (χ3n) is 3.27. The molecule has 1 aliphatic heterocycles. The second kappa shape index (κ2) is 4.34. The largest absolute Gasteiger partial charge is 0.496 e. The summed E-state index contributed by atoms with van der Waals surface area (Å²) in [7, 11) is 1.63. The Hall–Kier alpha value is -2.01. The van der Waals surface area contributed by atoms with E-state index in [2.05, 4.69) is 15.6 Å². The van der Waals surface area contributed by atoms with Crippen LogP contribution in [-0.4, -0.2) is 31.1 Å². The van der Waals surface area contributed by atoms with Crippen LogP contribution in [-0.2, 0) is 4.79 Å². The van der Waals surface area contributed by atoms with Gasteiger partial charge < -0.3 is 20.4 Å². The van der Waals surface area contributed by atoms with Crippen LogP contribution in [0.3, 0.4) is 0 Å². The third kappa shape index (κ3) is 1.64. The topological polar surface area (TPSA) is 66.2 Å². The molecule has 1 amide bonds. The predicted molar refractivity (Wildman–Crippen MR) is 68.6 cm³/mol. The fourth-order valence-corrected chi connectivity index (χ4v) is 2.43. The molecule has 5 heteroatoms. The molecule has 0 spiro atoms. The zero-order valence-corrected chi connectivity index (χ0v) is 10.1.